The molecule has 0 aliphatic heterocycles. The second-order valence-electron chi connectivity index (χ2n) is 11.7. The van der Waals surface area contributed by atoms with E-state index in [0.29, 0.717) is 0 Å². The number of hydrogen-bond acceptors (Lipinski definition) is 2. The maximum Gasteiger partial charge on any atom is 0.0590 e. The van der Waals surface area contributed by atoms with Crippen molar-refractivity contribution in [3.8, 4) is 22.3 Å². The number of rotatable bonds is 4. The van der Waals surface area contributed by atoms with Gasteiger partial charge in [-0.05, 0) is 70.0 Å². The lowest BCUT2D eigenvalue weighted by atomic mass is 9.81. The van der Waals surface area contributed by atoms with Crippen molar-refractivity contribution < 1.29 is 0 Å². The highest BCUT2D eigenvalue weighted by molar-refractivity contribution is 7.27. The lowest BCUT2D eigenvalue weighted by Crippen LogP contribution is -2.15. The summed E-state index contributed by atoms with van der Waals surface area (Å²) in [5, 5.41) is 6.60. The van der Waals surface area contributed by atoms with Crippen molar-refractivity contribution in [2.45, 2.75) is 32.1 Å². The van der Waals surface area contributed by atoms with Gasteiger partial charge in [-0.25, -0.2) is 0 Å². The summed E-state index contributed by atoms with van der Waals surface area (Å²) in [5.41, 5.74) is 13.1. The molecule has 0 saturated carbocycles. The van der Waals surface area contributed by atoms with Crippen LogP contribution in [0.4, 0.5) is 11.4 Å². The predicted molar refractivity (Wildman–Crippen MR) is 178 cm³/mol. The van der Waals surface area contributed by atoms with Gasteiger partial charge in [0, 0.05) is 32.1 Å². The van der Waals surface area contributed by atoms with Gasteiger partial charge in [-0.1, -0.05) is 117 Å². The van der Waals surface area contributed by atoms with Crippen LogP contribution in [0.2, 0.25) is 0 Å². The van der Waals surface area contributed by atoms with Crippen molar-refractivity contribution in [1.29, 1.82) is 0 Å². The Morgan fingerprint density at radius 2 is 1.39 bits per heavy atom. The molecule has 2 aliphatic carbocycles. The average molecular weight is 546 g/mol. The fourth-order valence-corrected chi connectivity index (χ4v) is 8.16. The number of benzene rings is 5. The molecule has 1 heterocycles. The summed E-state index contributed by atoms with van der Waals surface area (Å²) in [5.74, 6) is 0. The second kappa shape index (κ2) is 9.33. The Kier molecular flexibility index (Phi) is 5.55. The molecule has 0 fully saturated rings. The molecule has 0 spiro atoms. The Bertz CT molecular complexity index is 2040. The van der Waals surface area contributed by atoms with E-state index < -0.39 is 0 Å². The monoisotopic (exact) mass is 545 g/mol. The van der Waals surface area contributed by atoms with Crippen LogP contribution in [-0.4, -0.2) is 0 Å². The summed E-state index contributed by atoms with van der Waals surface area (Å²) in [6.07, 6.45) is 8.92. The van der Waals surface area contributed by atoms with Gasteiger partial charge in [0.05, 0.1) is 10.4 Å². The molecule has 0 unspecified atom stereocenters. The summed E-state index contributed by atoms with van der Waals surface area (Å²) in [4.78, 5) is 0. The number of fused-ring (bicyclic) bond motifs is 6. The van der Waals surface area contributed by atoms with Crippen LogP contribution in [0.3, 0.4) is 0 Å². The molecule has 0 atom stereocenters. The first-order valence-corrected chi connectivity index (χ1v) is 15.3. The van der Waals surface area contributed by atoms with Gasteiger partial charge >= 0.3 is 0 Å². The molecule has 0 radical (unpaired) electrons. The zero-order valence-corrected chi connectivity index (χ0v) is 24.2. The van der Waals surface area contributed by atoms with E-state index in [-0.39, 0.29) is 5.41 Å². The molecule has 0 amide bonds. The molecule has 5 aromatic carbocycles. The zero-order chi connectivity index (χ0) is 27.6. The first-order chi connectivity index (χ1) is 20.1. The minimum atomic E-state index is -0.0457. The summed E-state index contributed by atoms with van der Waals surface area (Å²) in [7, 11) is 0. The Hall–Kier alpha value is -4.40. The summed E-state index contributed by atoms with van der Waals surface area (Å²) < 4.78 is 2.64. The van der Waals surface area contributed by atoms with Crippen LogP contribution in [0.25, 0.3) is 48.0 Å². The number of hydrogen-bond donors (Lipinski definition) is 1. The first kappa shape index (κ1) is 24.4. The van der Waals surface area contributed by atoms with E-state index in [2.05, 4.69) is 141 Å². The molecule has 0 bridgehead atoms. The maximum absolute atomic E-state index is 3.97. The average Bonchev–Trinajstić information content (AvgIpc) is 3.51. The Balaban J connectivity index is 1.32. The molecular formula is C39H31NS. The van der Waals surface area contributed by atoms with Crippen LogP contribution in [0.1, 0.15) is 43.4 Å². The Morgan fingerprint density at radius 1 is 0.634 bits per heavy atom. The van der Waals surface area contributed by atoms with Crippen LogP contribution in [0, 0.1) is 0 Å². The second-order valence-corrected chi connectivity index (χ2v) is 12.8. The van der Waals surface area contributed by atoms with Crippen LogP contribution in [-0.2, 0) is 5.41 Å². The van der Waals surface area contributed by atoms with Gasteiger partial charge in [0.15, 0.2) is 0 Å². The molecule has 1 nitrogen and oxygen atoms in total. The van der Waals surface area contributed by atoms with Crippen molar-refractivity contribution in [1.82, 2.24) is 0 Å². The van der Waals surface area contributed by atoms with Gasteiger partial charge in [-0.2, -0.15) is 0 Å². The highest BCUT2D eigenvalue weighted by Gasteiger charge is 2.36. The highest BCUT2D eigenvalue weighted by atomic mass is 32.1. The van der Waals surface area contributed by atoms with E-state index in [0.717, 1.165) is 12.8 Å². The van der Waals surface area contributed by atoms with E-state index >= 15 is 0 Å². The smallest absolute Gasteiger partial charge is 0.0590 e. The third-order valence-corrected chi connectivity index (χ3v) is 10.2. The molecule has 6 aromatic rings. The van der Waals surface area contributed by atoms with Crippen molar-refractivity contribution in [3.05, 3.63) is 138 Å². The fraction of sp³-hybridized carbons (Fsp3) is 0.128. The van der Waals surface area contributed by atoms with E-state index in [1.165, 1.54) is 76.1 Å². The minimum absolute atomic E-state index is 0.0457. The van der Waals surface area contributed by atoms with E-state index in [9.17, 15) is 0 Å². The van der Waals surface area contributed by atoms with E-state index in [4.69, 9.17) is 0 Å². The van der Waals surface area contributed by atoms with Crippen molar-refractivity contribution in [3.63, 3.8) is 0 Å². The van der Waals surface area contributed by atoms with Gasteiger partial charge in [-0.3, -0.25) is 0 Å². The molecule has 0 saturated heterocycles. The van der Waals surface area contributed by atoms with Crippen LogP contribution in [0.5, 0.6) is 0 Å². The summed E-state index contributed by atoms with van der Waals surface area (Å²) in [6.45, 7) is 4.73. The van der Waals surface area contributed by atoms with Crippen LogP contribution < -0.4 is 5.32 Å². The lowest BCUT2D eigenvalue weighted by Gasteiger charge is -2.24. The highest BCUT2D eigenvalue weighted by Crippen LogP contribution is 2.52. The number of allylic oxidation sites excluding steroid dienone is 4. The standard InChI is InChI=1S/C39H31NS/c1-39(2)33-21-10-9-17-28(33)32-23-31(26-15-7-4-8-16-26)36(24-34(32)39)40-35-22-12-20-30-29-19-11-18-27(37(29)41-38(30)35)25-13-5-3-6-14-25/h3-7,9-15,17-24,40H,8,16H2,1-2H3. The third-order valence-electron chi connectivity index (χ3n) is 8.96. The van der Waals surface area contributed by atoms with Crippen LogP contribution in [0.15, 0.2) is 121 Å². The van der Waals surface area contributed by atoms with Gasteiger partial charge in [0.25, 0.3) is 0 Å². The molecule has 1 aromatic heterocycles. The number of thiophene rings is 1. The Morgan fingerprint density at radius 3 is 2.22 bits per heavy atom. The predicted octanol–water partition coefficient (Wildman–Crippen LogP) is 11.5. The topological polar surface area (TPSA) is 12.0 Å². The molecular weight excluding hydrogens is 515 g/mol. The van der Waals surface area contributed by atoms with Crippen LogP contribution >= 0.6 is 11.3 Å². The van der Waals surface area contributed by atoms with Gasteiger partial charge in [-0.15, -0.1) is 11.3 Å². The zero-order valence-electron chi connectivity index (χ0n) is 23.4. The maximum atomic E-state index is 3.97. The molecule has 2 aliphatic rings. The fourth-order valence-electron chi connectivity index (χ4n) is 6.85. The van der Waals surface area contributed by atoms with Crippen molar-refractivity contribution in [2.75, 3.05) is 5.32 Å². The molecule has 198 valence electrons. The van der Waals surface area contributed by atoms with Gasteiger partial charge in [0.1, 0.15) is 0 Å². The molecule has 8 rings (SSSR count). The summed E-state index contributed by atoms with van der Waals surface area (Å²) >= 11 is 1.90. The van der Waals surface area contributed by atoms with E-state index in [1.807, 2.05) is 11.3 Å². The first-order valence-electron chi connectivity index (χ1n) is 14.5. The largest absolute Gasteiger partial charge is 0.354 e. The quantitative estimate of drug-likeness (QED) is 0.232. The lowest BCUT2D eigenvalue weighted by molar-refractivity contribution is 0.660. The third kappa shape index (κ3) is 3.82. The SMILES string of the molecule is CC1(C)c2ccccc2-c2cc(C3=CC=CCC3)c(Nc3cccc4c3sc3c(-c5ccccc5)cccc34)cc21. The number of anilines is 2. The Labute approximate surface area is 245 Å². The molecule has 41 heavy (non-hydrogen) atoms. The van der Waals surface area contributed by atoms with Gasteiger partial charge < -0.3 is 5.32 Å². The van der Waals surface area contributed by atoms with E-state index in [1.54, 1.807) is 0 Å². The van der Waals surface area contributed by atoms with Gasteiger partial charge in [0.2, 0.25) is 0 Å². The summed E-state index contributed by atoms with van der Waals surface area (Å²) in [6, 6.07) is 38.0. The minimum Gasteiger partial charge on any atom is -0.354 e. The molecule has 2 heteroatoms. The number of nitrogens with one attached hydrogen (secondary N) is 1. The van der Waals surface area contributed by atoms with Crippen molar-refractivity contribution >= 4 is 48.5 Å². The normalized spacial score (nSPS) is 15.1. The molecule has 1 N–H and O–H groups in total. The van der Waals surface area contributed by atoms with Crippen molar-refractivity contribution in [2.24, 2.45) is 0 Å².